The summed E-state index contributed by atoms with van der Waals surface area (Å²) in [4.78, 5) is 0. The molecular weight excluding hydrogens is 756 g/mol. The number of hydrogen-bond donors (Lipinski definition) is 0. The lowest BCUT2D eigenvalue weighted by Gasteiger charge is -2.15. The molecule has 0 aliphatic carbocycles. The van der Waals surface area contributed by atoms with Crippen molar-refractivity contribution in [1.82, 2.24) is 0 Å². The van der Waals surface area contributed by atoms with Crippen molar-refractivity contribution in [2.45, 2.75) is 13.8 Å². The standard InChI is InChI=1S/C45H28F8O4/c1-23-33(55-30-17-9-26(10-18-30)25-7-15-29(54-3)16-8-25)5-4-6-34(23)56-31-19-11-27(12-20-31)28-13-21-32(22-14-28)57-45-43(52)41(50)36(42(51)44(45)53)35-39(48)37(46)24(2)38(47)40(35)49/h4-22H,1-3H3. The lowest BCUT2D eigenvalue weighted by Crippen LogP contribution is -2.09. The van der Waals surface area contributed by atoms with Crippen LogP contribution in [-0.2, 0) is 0 Å². The Morgan fingerprint density at radius 1 is 0.333 bits per heavy atom. The first-order valence-electron chi connectivity index (χ1n) is 17.1. The SMILES string of the molecule is COc1ccc(-c2ccc(Oc3cccc(Oc4ccc(-c5ccc(Oc6c(F)c(F)c(-c7c(F)c(F)c(C)c(F)c7F)c(F)c6F)cc5)cc4)c3C)cc2)cc1. The van der Waals surface area contributed by atoms with Gasteiger partial charge in [0.25, 0.3) is 0 Å². The van der Waals surface area contributed by atoms with E-state index < -0.39 is 69.0 Å². The van der Waals surface area contributed by atoms with E-state index in [9.17, 15) is 17.6 Å². The van der Waals surface area contributed by atoms with Crippen molar-refractivity contribution in [1.29, 1.82) is 0 Å². The predicted octanol–water partition coefficient (Wildman–Crippen LogP) is 13.8. The number of methoxy groups -OCH3 is 1. The minimum absolute atomic E-state index is 0.265. The Hall–Kier alpha value is -6.82. The summed E-state index contributed by atoms with van der Waals surface area (Å²) >= 11 is 0. The summed E-state index contributed by atoms with van der Waals surface area (Å²) in [5.41, 5.74) is -0.928. The Balaban J connectivity index is 1.03. The zero-order valence-electron chi connectivity index (χ0n) is 30.1. The fourth-order valence-corrected chi connectivity index (χ4v) is 6.00. The fourth-order valence-electron chi connectivity index (χ4n) is 6.00. The van der Waals surface area contributed by atoms with E-state index in [2.05, 4.69) is 0 Å². The molecule has 12 heteroatoms. The number of halogens is 8. The van der Waals surface area contributed by atoms with Crippen LogP contribution in [0, 0.1) is 60.4 Å². The van der Waals surface area contributed by atoms with Gasteiger partial charge in [0.1, 0.15) is 34.5 Å². The summed E-state index contributed by atoms with van der Waals surface area (Å²) in [6.45, 7) is 2.54. The molecule has 0 radical (unpaired) electrons. The van der Waals surface area contributed by atoms with Crippen LogP contribution >= 0.6 is 0 Å². The van der Waals surface area contributed by atoms with Crippen molar-refractivity contribution in [2.24, 2.45) is 0 Å². The van der Waals surface area contributed by atoms with Crippen molar-refractivity contribution >= 4 is 0 Å². The summed E-state index contributed by atoms with van der Waals surface area (Å²) in [6, 6.07) is 33.3. The molecule has 0 aromatic heterocycles. The van der Waals surface area contributed by atoms with Gasteiger partial charge in [-0.3, -0.25) is 0 Å². The average Bonchev–Trinajstić information content (AvgIpc) is 3.23. The van der Waals surface area contributed by atoms with E-state index in [1.165, 1.54) is 24.3 Å². The van der Waals surface area contributed by atoms with Gasteiger partial charge in [0, 0.05) is 11.1 Å². The largest absolute Gasteiger partial charge is 0.497 e. The maximum Gasteiger partial charge on any atom is 0.205 e. The fraction of sp³-hybridized carbons (Fsp3) is 0.0667. The molecule has 0 unspecified atom stereocenters. The molecule has 0 N–H and O–H groups in total. The molecular formula is C45H28F8O4. The first-order valence-corrected chi connectivity index (χ1v) is 17.1. The third kappa shape index (κ3) is 7.45. The molecule has 0 amide bonds. The minimum atomic E-state index is -2.33. The molecule has 7 aromatic rings. The van der Waals surface area contributed by atoms with Crippen molar-refractivity contribution in [3.8, 4) is 73.6 Å². The quantitative estimate of drug-likeness (QED) is 0.102. The van der Waals surface area contributed by atoms with Crippen LogP contribution in [0.5, 0.6) is 40.2 Å². The van der Waals surface area contributed by atoms with E-state index in [1.807, 2.05) is 67.6 Å². The first-order chi connectivity index (χ1) is 27.4. The topological polar surface area (TPSA) is 36.9 Å². The highest BCUT2D eigenvalue weighted by Crippen LogP contribution is 2.42. The maximum atomic E-state index is 15.0. The van der Waals surface area contributed by atoms with Gasteiger partial charge in [0.2, 0.25) is 17.4 Å². The Morgan fingerprint density at radius 2 is 0.649 bits per heavy atom. The van der Waals surface area contributed by atoms with Crippen molar-refractivity contribution in [2.75, 3.05) is 7.11 Å². The second kappa shape index (κ2) is 15.7. The summed E-state index contributed by atoms with van der Waals surface area (Å²) in [5, 5.41) is 0. The van der Waals surface area contributed by atoms with Crippen LogP contribution in [-0.4, -0.2) is 7.11 Å². The molecule has 0 fully saturated rings. The molecule has 0 bridgehead atoms. The summed E-state index contributed by atoms with van der Waals surface area (Å²) in [5.74, 6) is -16.2. The lowest BCUT2D eigenvalue weighted by molar-refractivity contribution is 0.366. The smallest absolute Gasteiger partial charge is 0.205 e. The van der Waals surface area contributed by atoms with E-state index in [-0.39, 0.29) is 5.75 Å². The van der Waals surface area contributed by atoms with Gasteiger partial charge in [-0.05, 0) is 96.8 Å². The van der Waals surface area contributed by atoms with Crippen LogP contribution < -0.4 is 18.9 Å². The number of benzene rings is 7. The van der Waals surface area contributed by atoms with Crippen LogP contribution in [0.4, 0.5) is 35.1 Å². The molecule has 0 aliphatic heterocycles. The van der Waals surface area contributed by atoms with Crippen LogP contribution in [0.15, 0.2) is 115 Å². The Bertz CT molecular complexity index is 2550. The van der Waals surface area contributed by atoms with Gasteiger partial charge < -0.3 is 18.9 Å². The molecule has 0 saturated carbocycles. The van der Waals surface area contributed by atoms with Crippen LogP contribution in [0.2, 0.25) is 0 Å². The Morgan fingerprint density at radius 3 is 1.00 bits per heavy atom. The minimum Gasteiger partial charge on any atom is -0.497 e. The Kier molecular flexibility index (Phi) is 10.6. The number of hydrogen-bond acceptors (Lipinski definition) is 4. The molecule has 288 valence electrons. The summed E-state index contributed by atoms with van der Waals surface area (Å²) < 4.78 is 140. The molecule has 7 aromatic carbocycles. The maximum absolute atomic E-state index is 15.0. The second-order valence-corrected chi connectivity index (χ2v) is 12.7. The van der Waals surface area contributed by atoms with Gasteiger partial charge in [-0.1, -0.05) is 54.6 Å². The first kappa shape index (κ1) is 38.5. The van der Waals surface area contributed by atoms with Crippen molar-refractivity contribution < 1.29 is 54.1 Å². The van der Waals surface area contributed by atoms with Gasteiger partial charge in [0.05, 0.1) is 18.2 Å². The summed E-state index contributed by atoms with van der Waals surface area (Å²) in [7, 11) is 1.62. The van der Waals surface area contributed by atoms with E-state index in [1.54, 1.807) is 37.4 Å². The molecule has 0 atom stereocenters. The van der Waals surface area contributed by atoms with E-state index >= 15 is 17.6 Å². The normalized spacial score (nSPS) is 11.1. The molecule has 0 spiro atoms. The van der Waals surface area contributed by atoms with Crippen LogP contribution in [0.25, 0.3) is 33.4 Å². The summed E-state index contributed by atoms with van der Waals surface area (Å²) in [6.07, 6.45) is 0. The predicted molar refractivity (Wildman–Crippen MR) is 198 cm³/mol. The molecule has 0 heterocycles. The second-order valence-electron chi connectivity index (χ2n) is 12.7. The zero-order chi connectivity index (χ0) is 40.5. The van der Waals surface area contributed by atoms with Gasteiger partial charge in [0.15, 0.2) is 34.9 Å². The molecule has 0 aliphatic rings. The van der Waals surface area contributed by atoms with Gasteiger partial charge >= 0.3 is 0 Å². The van der Waals surface area contributed by atoms with Gasteiger partial charge in [-0.15, -0.1) is 0 Å². The molecule has 7 rings (SSSR count). The van der Waals surface area contributed by atoms with Gasteiger partial charge in [-0.25, -0.2) is 26.3 Å². The molecule has 4 nitrogen and oxygen atoms in total. The highest BCUT2D eigenvalue weighted by atomic mass is 19.2. The third-order valence-electron chi connectivity index (χ3n) is 9.19. The zero-order valence-corrected chi connectivity index (χ0v) is 30.1. The number of rotatable bonds is 10. The van der Waals surface area contributed by atoms with Crippen molar-refractivity contribution in [3.05, 3.63) is 173 Å². The monoisotopic (exact) mass is 784 g/mol. The van der Waals surface area contributed by atoms with Crippen LogP contribution in [0.1, 0.15) is 11.1 Å². The Labute approximate surface area is 321 Å². The number of ether oxygens (including phenoxy) is 4. The van der Waals surface area contributed by atoms with E-state index in [4.69, 9.17) is 18.9 Å². The third-order valence-corrected chi connectivity index (χ3v) is 9.19. The molecule has 57 heavy (non-hydrogen) atoms. The van der Waals surface area contributed by atoms with Gasteiger partial charge in [-0.2, -0.15) is 8.78 Å². The lowest BCUT2D eigenvalue weighted by atomic mass is 9.99. The van der Waals surface area contributed by atoms with E-state index in [0.717, 1.165) is 22.4 Å². The highest BCUT2D eigenvalue weighted by molar-refractivity contribution is 5.70. The van der Waals surface area contributed by atoms with Crippen LogP contribution in [0.3, 0.4) is 0 Å². The van der Waals surface area contributed by atoms with E-state index in [0.29, 0.717) is 41.0 Å². The molecule has 0 saturated heterocycles. The van der Waals surface area contributed by atoms with Crippen molar-refractivity contribution in [3.63, 3.8) is 0 Å². The average molecular weight is 785 g/mol. The highest BCUT2D eigenvalue weighted by Gasteiger charge is 2.34.